The first-order valence-electron chi connectivity index (χ1n) is 5.06. The summed E-state index contributed by atoms with van der Waals surface area (Å²) in [5, 5.41) is 10.7. The Bertz CT molecular complexity index is 500. The quantitative estimate of drug-likeness (QED) is 0.806. The lowest BCUT2D eigenvalue weighted by molar-refractivity contribution is -0.131. The summed E-state index contributed by atoms with van der Waals surface area (Å²) in [6.07, 6.45) is 1.49. The van der Waals surface area contributed by atoms with E-state index in [9.17, 15) is 18.4 Å². The molecule has 1 atom stereocenters. The van der Waals surface area contributed by atoms with Crippen LogP contribution >= 0.6 is 0 Å². The van der Waals surface area contributed by atoms with Gasteiger partial charge in [-0.1, -0.05) is 6.07 Å². The van der Waals surface area contributed by atoms with Gasteiger partial charge in [-0.2, -0.15) is 0 Å². The Morgan fingerprint density at radius 2 is 2.00 bits per heavy atom. The fraction of sp³-hybridized carbons (Fsp3) is 0.167. The van der Waals surface area contributed by atoms with Gasteiger partial charge in [0.25, 0.3) is 0 Å². The van der Waals surface area contributed by atoms with Crippen LogP contribution in [0.5, 0.6) is 0 Å². The highest BCUT2D eigenvalue weighted by atomic mass is 19.1. The average molecular weight is 255 g/mol. The molecule has 1 amide bonds. The van der Waals surface area contributed by atoms with E-state index >= 15 is 0 Å². The number of hydrogen-bond acceptors (Lipinski definition) is 2. The Morgan fingerprint density at radius 1 is 1.33 bits per heavy atom. The summed E-state index contributed by atoms with van der Waals surface area (Å²) in [6, 6.07) is 2.31. The van der Waals surface area contributed by atoms with E-state index in [2.05, 4.69) is 5.32 Å². The van der Waals surface area contributed by atoms with Gasteiger partial charge in [0.05, 0.1) is 6.04 Å². The number of carboxylic acids is 1. The number of aliphatic carboxylic acids is 1. The molecule has 6 heteroatoms. The minimum Gasteiger partial charge on any atom is -0.478 e. The molecule has 18 heavy (non-hydrogen) atoms. The molecular formula is C12H11F2NO3. The summed E-state index contributed by atoms with van der Waals surface area (Å²) in [7, 11) is 0. The Morgan fingerprint density at radius 3 is 2.56 bits per heavy atom. The maximum Gasteiger partial charge on any atom is 0.328 e. The third-order valence-electron chi connectivity index (χ3n) is 2.17. The number of halogens is 2. The molecule has 0 bridgehead atoms. The van der Waals surface area contributed by atoms with E-state index in [-0.39, 0.29) is 5.56 Å². The zero-order chi connectivity index (χ0) is 13.7. The highest BCUT2D eigenvalue weighted by molar-refractivity contribution is 5.94. The highest BCUT2D eigenvalue weighted by Crippen LogP contribution is 2.17. The van der Waals surface area contributed by atoms with Gasteiger partial charge >= 0.3 is 5.97 Å². The van der Waals surface area contributed by atoms with Crippen LogP contribution in [0, 0.1) is 11.6 Å². The van der Waals surface area contributed by atoms with Crippen molar-refractivity contribution >= 4 is 11.9 Å². The van der Waals surface area contributed by atoms with Crippen molar-refractivity contribution in [2.45, 2.75) is 13.0 Å². The van der Waals surface area contributed by atoms with E-state index in [1.54, 1.807) is 0 Å². The minimum atomic E-state index is -1.26. The Kier molecular flexibility index (Phi) is 4.53. The lowest BCUT2D eigenvalue weighted by Crippen LogP contribution is -2.25. The van der Waals surface area contributed by atoms with Gasteiger partial charge in [-0.25, -0.2) is 13.6 Å². The average Bonchev–Trinajstić information content (AvgIpc) is 2.26. The fourth-order valence-electron chi connectivity index (χ4n) is 1.34. The van der Waals surface area contributed by atoms with Gasteiger partial charge in [0.15, 0.2) is 0 Å². The molecule has 0 radical (unpaired) electrons. The molecule has 0 spiro atoms. The van der Waals surface area contributed by atoms with Crippen LogP contribution in [0.1, 0.15) is 18.5 Å². The van der Waals surface area contributed by atoms with Crippen LogP contribution in [0.4, 0.5) is 8.78 Å². The standard InChI is InChI=1S/C12H11F2NO3/c1-7(15-11(16)4-5-12(17)18)9-3-2-8(13)6-10(9)14/h2-7H,1H3,(H,15,16)(H,17,18)/t7-/m1/s1. The van der Waals surface area contributed by atoms with Gasteiger partial charge in [-0.15, -0.1) is 0 Å². The third-order valence-corrected chi connectivity index (χ3v) is 2.17. The molecule has 0 heterocycles. The van der Waals surface area contributed by atoms with Gasteiger partial charge in [-0.3, -0.25) is 4.79 Å². The van der Waals surface area contributed by atoms with E-state index < -0.39 is 29.6 Å². The zero-order valence-corrected chi connectivity index (χ0v) is 9.48. The summed E-state index contributed by atoms with van der Waals surface area (Å²) < 4.78 is 26.0. The summed E-state index contributed by atoms with van der Waals surface area (Å²) in [5.74, 6) is -3.41. The number of nitrogens with one attached hydrogen (secondary N) is 1. The Labute approximate surface area is 102 Å². The lowest BCUT2D eigenvalue weighted by atomic mass is 10.1. The SMILES string of the molecule is C[C@@H](NC(=O)C=CC(=O)O)c1ccc(F)cc1F. The predicted molar refractivity (Wildman–Crippen MR) is 59.7 cm³/mol. The number of hydrogen-bond donors (Lipinski definition) is 2. The van der Waals surface area contributed by atoms with Gasteiger partial charge in [-0.05, 0) is 13.0 Å². The lowest BCUT2D eigenvalue weighted by Gasteiger charge is -2.13. The molecule has 0 fully saturated rings. The first-order chi connectivity index (χ1) is 8.40. The van der Waals surface area contributed by atoms with Crippen molar-refractivity contribution in [3.63, 3.8) is 0 Å². The highest BCUT2D eigenvalue weighted by Gasteiger charge is 2.13. The molecule has 1 aromatic rings. The molecule has 2 N–H and O–H groups in total. The summed E-state index contributed by atoms with van der Waals surface area (Å²) in [4.78, 5) is 21.4. The first-order valence-corrected chi connectivity index (χ1v) is 5.06. The molecule has 0 saturated carbocycles. The smallest absolute Gasteiger partial charge is 0.328 e. The maximum absolute atomic E-state index is 13.4. The number of carboxylic acid groups (broad SMARTS) is 1. The molecule has 0 saturated heterocycles. The van der Waals surface area contributed by atoms with Gasteiger partial charge in [0.1, 0.15) is 11.6 Å². The van der Waals surface area contributed by atoms with E-state index in [4.69, 9.17) is 5.11 Å². The first kappa shape index (κ1) is 13.8. The van der Waals surface area contributed by atoms with Crippen molar-refractivity contribution in [1.82, 2.24) is 5.32 Å². The number of rotatable bonds is 4. The van der Waals surface area contributed by atoms with Crippen LogP contribution in [0.2, 0.25) is 0 Å². The Hall–Kier alpha value is -2.24. The zero-order valence-electron chi connectivity index (χ0n) is 9.48. The molecule has 0 aromatic heterocycles. The van der Waals surface area contributed by atoms with Crippen molar-refractivity contribution in [3.8, 4) is 0 Å². The Balaban J connectivity index is 2.73. The molecule has 0 aliphatic rings. The predicted octanol–water partition coefficient (Wildman–Crippen LogP) is 1.78. The topological polar surface area (TPSA) is 66.4 Å². The third kappa shape index (κ3) is 3.97. The van der Waals surface area contributed by atoms with Crippen LogP contribution in [0.25, 0.3) is 0 Å². The van der Waals surface area contributed by atoms with Crippen molar-refractivity contribution < 1.29 is 23.5 Å². The maximum atomic E-state index is 13.4. The largest absolute Gasteiger partial charge is 0.478 e. The normalized spacial score (nSPS) is 12.4. The molecular weight excluding hydrogens is 244 g/mol. The second-order valence-electron chi connectivity index (χ2n) is 3.57. The van der Waals surface area contributed by atoms with E-state index in [1.165, 1.54) is 13.0 Å². The molecule has 1 rings (SSSR count). The second kappa shape index (κ2) is 5.90. The number of amides is 1. The number of carbonyl (C=O) groups excluding carboxylic acids is 1. The monoisotopic (exact) mass is 255 g/mol. The van der Waals surface area contributed by atoms with Crippen LogP contribution in [0.3, 0.4) is 0 Å². The van der Waals surface area contributed by atoms with E-state index in [1.807, 2.05) is 0 Å². The molecule has 4 nitrogen and oxygen atoms in total. The van der Waals surface area contributed by atoms with Crippen LogP contribution < -0.4 is 5.32 Å². The number of carbonyl (C=O) groups is 2. The summed E-state index contributed by atoms with van der Waals surface area (Å²) >= 11 is 0. The van der Waals surface area contributed by atoms with Crippen molar-refractivity contribution in [2.24, 2.45) is 0 Å². The van der Waals surface area contributed by atoms with Gasteiger partial charge in [0, 0.05) is 23.8 Å². The minimum absolute atomic E-state index is 0.119. The van der Waals surface area contributed by atoms with Crippen LogP contribution in [-0.4, -0.2) is 17.0 Å². The van der Waals surface area contributed by atoms with Gasteiger partial charge < -0.3 is 10.4 Å². The molecule has 1 aromatic carbocycles. The second-order valence-corrected chi connectivity index (χ2v) is 3.57. The van der Waals surface area contributed by atoms with Gasteiger partial charge in [0.2, 0.25) is 5.91 Å². The van der Waals surface area contributed by atoms with Crippen molar-refractivity contribution in [2.75, 3.05) is 0 Å². The number of benzene rings is 1. The van der Waals surface area contributed by atoms with Crippen molar-refractivity contribution in [1.29, 1.82) is 0 Å². The van der Waals surface area contributed by atoms with E-state index in [0.717, 1.165) is 12.1 Å². The summed E-state index contributed by atoms with van der Waals surface area (Å²) in [5.41, 5.74) is 0.119. The van der Waals surface area contributed by atoms with Crippen LogP contribution in [-0.2, 0) is 9.59 Å². The molecule has 96 valence electrons. The summed E-state index contributed by atoms with van der Waals surface area (Å²) in [6.45, 7) is 1.50. The van der Waals surface area contributed by atoms with Crippen molar-refractivity contribution in [3.05, 3.63) is 47.5 Å². The fourth-order valence-corrected chi connectivity index (χ4v) is 1.34. The molecule has 0 aliphatic heterocycles. The molecule has 0 aliphatic carbocycles. The van der Waals surface area contributed by atoms with E-state index in [0.29, 0.717) is 12.1 Å². The van der Waals surface area contributed by atoms with Crippen LogP contribution in [0.15, 0.2) is 30.4 Å². The molecule has 0 unspecified atom stereocenters.